The van der Waals surface area contributed by atoms with Crippen LogP contribution in [0.3, 0.4) is 0 Å². The minimum absolute atomic E-state index is 0.127. The van der Waals surface area contributed by atoms with Gasteiger partial charge in [-0.05, 0) is 125 Å². The van der Waals surface area contributed by atoms with E-state index < -0.39 is 12.1 Å². The minimum Gasteiger partial charge on any atom is -0.395 e. The number of anilines is 2. The molecule has 8 aromatic rings. The summed E-state index contributed by atoms with van der Waals surface area (Å²) in [5.41, 5.74) is 16.1. The van der Waals surface area contributed by atoms with Crippen molar-refractivity contribution in [1.29, 1.82) is 0 Å². The first kappa shape index (κ1) is 49.9. The maximum absolute atomic E-state index is 13.4. The van der Waals surface area contributed by atoms with Crippen LogP contribution in [-0.2, 0) is 32.1 Å². The average Bonchev–Trinajstić information content (AvgIpc) is 4.51. The summed E-state index contributed by atoms with van der Waals surface area (Å²) in [6, 6.07) is 26.3. The Labute approximate surface area is 467 Å². The van der Waals surface area contributed by atoms with E-state index >= 15 is 0 Å². The van der Waals surface area contributed by atoms with Crippen LogP contribution in [0.4, 0.5) is 11.4 Å². The third-order valence-corrected chi connectivity index (χ3v) is 18.3. The van der Waals surface area contributed by atoms with Crippen LogP contribution in [0.5, 0.6) is 0 Å². The Kier molecular flexibility index (Phi) is 12.6. The molecular weight excluding hydrogens is 1060 g/mol. The molecule has 4 aromatic carbocycles. The van der Waals surface area contributed by atoms with Crippen LogP contribution in [0.1, 0.15) is 114 Å². The fourth-order valence-corrected chi connectivity index (χ4v) is 14.0. The van der Waals surface area contributed by atoms with Gasteiger partial charge in [0.05, 0.1) is 35.7 Å². The smallest absolute Gasteiger partial charge is 0.227 e. The van der Waals surface area contributed by atoms with Gasteiger partial charge in [-0.1, -0.05) is 69.9 Å². The molecule has 4 aromatic heterocycles. The van der Waals surface area contributed by atoms with E-state index in [1.54, 1.807) is 22.7 Å². The summed E-state index contributed by atoms with van der Waals surface area (Å²) in [7, 11) is 0. The molecule has 0 spiro atoms. The monoisotopic (exact) mass is 1110 g/mol. The Morgan fingerprint density at radius 2 is 0.987 bits per heavy atom. The molecule has 2 aliphatic carbocycles. The Hall–Kier alpha value is -7.64. The van der Waals surface area contributed by atoms with Crippen molar-refractivity contribution >= 4 is 91.9 Å². The number of hydrogen-bond donors (Lipinski definition) is 2. The molecule has 0 saturated heterocycles. The highest BCUT2D eigenvalue weighted by Gasteiger charge is 2.37. The highest BCUT2D eigenvalue weighted by atomic mass is 35.5. The number of oxime groups is 2. The Bertz CT molecular complexity index is 3690. The molecule has 4 atom stereocenters. The number of benzene rings is 4. The van der Waals surface area contributed by atoms with Crippen LogP contribution in [0, 0.1) is 53.4 Å². The molecule has 14 rings (SSSR count). The first-order valence-electron chi connectivity index (χ1n) is 25.7. The van der Waals surface area contributed by atoms with Gasteiger partial charge in [-0.25, -0.2) is 0 Å². The van der Waals surface area contributed by atoms with Crippen molar-refractivity contribution in [3.05, 3.63) is 184 Å². The number of fused-ring (bicyclic) bond motifs is 12. The van der Waals surface area contributed by atoms with Crippen LogP contribution in [0.15, 0.2) is 105 Å². The molecule has 0 radical (unpaired) electrons. The number of aryl methyl sites for hydroxylation is 4. The van der Waals surface area contributed by atoms with E-state index in [-0.39, 0.29) is 24.7 Å². The number of aliphatic imine (C=N–C) groups is 2. The van der Waals surface area contributed by atoms with Crippen molar-refractivity contribution in [3.8, 4) is 10.0 Å². The van der Waals surface area contributed by atoms with Crippen LogP contribution >= 0.6 is 45.9 Å². The standard InChI is InChI=1S/2C29H25ClN6O2S/c2*1-14-15(2)39-29-25(14)27(17-4-6-20(30)7-5-17)32-23(28-34-33-16(3)36(28)29)12-24(37)31-21-8-9-22-18(11-21)10-19-13-38-35-26(19)22/h2*4-9,11,19,23H,10,12-13H2,1-3H3,(H,31,37)/t19-,23+;19-,23-/m10/s1. The van der Waals surface area contributed by atoms with Crippen molar-refractivity contribution < 1.29 is 19.3 Å². The average molecular weight is 1110 g/mol. The van der Waals surface area contributed by atoms with E-state index in [4.69, 9.17) is 42.9 Å². The predicted molar refractivity (Wildman–Crippen MR) is 305 cm³/mol. The molecule has 392 valence electrons. The third-order valence-electron chi connectivity index (χ3n) is 15.4. The van der Waals surface area contributed by atoms with Gasteiger partial charge in [-0.15, -0.1) is 43.1 Å². The first-order chi connectivity index (χ1) is 37.7. The lowest BCUT2D eigenvalue weighted by Crippen LogP contribution is -2.17. The van der Waals surface area contributed by atoms with Crippen LogP contribution in [0.25, 0.3) is 10.0 Å². The SMILES string of the molecule is Cc1sc2c(c1C)C(c1ccc(Cl)cc1)=N[C@@H](CC(=O)Nc1ccc3c(c1)C[C@@H]1CON=C31)c1nnc(C)n1-2.Cc1sc2c(c1C)C(c1ccc(Cl)cc1)=N[C@@H](CC(=O)Nc1ccc3c(c1)C[C@H]1CON=C31)c1nnc(C)n1-2. The highest BCUT2D eigenvalue weighted by molar-refractivity contribution is 7.15. The zero-order valence-corrected chi connectivity index (χ0v) is 46.5. The lowest BCUT2D eigenvalue weighted by Gasteiger charge is -2.13. The fourth-order valence-electron chi connectivity index (χ4n) is 11.3. The number of amides is 2. The molecule has 0 unspecified atom stereocenters. The number of hydrogen-bond acceptors (Lipinski definition) is 14. The summed E-state index contributed by atoms with van der Waals surface area (Å²) >= 11 is 15.8. The quantitative estimate of drug-likeness (QED) is 0.150. The van der Waals surface area contributed by atoms with Gasteiger partial charge in [0.15, 0.2) is 11.6 Å². The molecule has 2 amide bonds. The van der Waals surface area contributed by atoms with Gasteiger partial charge < -0.3 is 20.3 Å². The minimum atomic E-state index is -0.517. The molecule has 8 heterocycles. The summed E-state index contributed by atoms with van der Waals surface area (Å²) < 4.78 is 4.11. The molecule has 2 N–H and O–H groups in total. The topological polar surface area (TPSA) is 188 Å². The molecule has 0 bridgehead atoms. The zero-order valence-electron chi connectivity index (χ0n) is 43.3. The van der Waals surface area contributed by atoms with Crippen LogP contribution < -0.4 is 10.6 Å². The number of rotatable bonds is 8. The predicted octanol–water partition coefficient (Wildman–Crippen LogP) is 11.5. The molecule has 16 nitrogen and oxygen atoms in total. The molecule has 4 aliphatic heterocycles. The summed E-state index contributed by atoms with van der Waals surface area (Å²) in [5.74, 6) is 3.19. The maximum atomic E-state index is 13.4. The highest BCUT2D eigenvalue weighted by Crippen LogP contribution is 2.43. The van der Waals surface area contributed by atoms with Gasteiger partial charge in [-0.3, -0.25) is 28.7 Å². The summed E-state index contributed by atoms with van der Waals surface area (Å²) in [6.45, 7) is 13.6. The van der Waals surface area contributed by atoms with Crippen LogP contribution in [0.2, 0.25) is 10.0 Å². The molecule has 0 fully saturated rings. The number of nitrogens with zero attached hydrogens (tertiary/aromatic N) is 10. The molecule has 6 aliphatic rings. The lowest BCUT2D eigenvalue weighted by atomic mass is 9.99. The number of carbonyl (C=O) groups is 2. The second-order valence-electron chi connectivity index (χ2n) is 20.4. The second-order valence-corrected chi connectivity index (χ2v) is 23.7. The molecule has 20 heteroatoms. The van der Waals surface area contributed by atoms with Crippen LogP contribution in [-0.4, -0.2) is 77.4 Å². The van der Waals surface area contributed by atoms with Crippen molar-refractivity contribution in [2.45, 2.75) is 79.3 Å². The zero-order chi connectivity index (χ0) is 53.7. The third kappa shape index (κ3) is 8.74. The number of carbonyl (C=O) groups excluding carboxylic acids is 2. The van der Waals surface area contributed by atoms with E-state index in [0.29, 0.717) is 46.7 Å². The van der Waals surface area contributed by atoms with E-state index in [2.05, 4.69) is 78.2 Å². The van der Waals surface area contributed by atoms with Crippen molar-refractivity contribution in [2.24, 2.45) is 32.1 Å². The van der Waals surface area contributed by atoms with E-state index in [9.17, 15) is 9.59 Å². The van der Waals surface area contributed by atoms with Gasteiger partial charge in [0.2, 0.25) is 11.8 Å². The lowest BCUT2D eigenvalue weighted by molar-refractivity contribution is -0.117. The van der Waals surface area contributed by atoms with Gasteiger partial charge in [0.25, 0.3) is 0 Å². The summed E-state index contributed by atoms with van der Waals surface area (Å²) in [5, 5.41) is 35.7. The first-order valence-corrected chi connectivity index (χ1v) is 28.1. The molecule has 78 heavy (non-hydrogen) atoms. The van der Waals surface area contributed by atoms with Gasteiger partial charge in [0.1, 0.15) is 46.9 Å². The van der Waals surface area contributed by atoms with Gasteiger partial charge >= 0.3 is 0 Å². The van der Waals surface area contributed by atoms with Gasteiger partial charge in [0, 0.05) is 76.4 Å². The van der Waals surface area contributed by atoms with Crippen molar-refractivity contribution in [1.82, 2.24) is 29.5 Å². The van der Waals surface area contributed by atoms with E-state index in [1.165, 1.54) is 20.9 Å². The van der Waals surface area contributed by atoms with Crippen molar-refractivity contribution in [2.75, 3.05) is 23.8 Å². The largest absolute Gasteiger partial charge is 0.395 e. The number of halogens is 2. The number of aromatic nitrogens is 6. The molecular formula is C58H50Cl2N12O4S2. The van der Waals surface area contributed by atoms with E-state index in [1.807, 2.05) is 98.8 Å². The van der Waals surface area contributed by atoms with E-state index in [0.717, 1.165) is 113 Å². The fraction of sp³-hybridized carbons (Fsp3) is 0.276. The van der Waals surface area contributed by atoms with Crippen molar-refractivity contribution in [3.63, 3.8) is 0 Å². The maximum Gasteiger partial charge on any atom is 0.227 e. The second kappa shape index (κ2) is 19.7. The normalized spacial score (nSPS) is 18.8. The Morgan fingerprint density at radius 3 is 1.40 bits per heavy atom. The number of nitrogens with one attached hydrogen (secondary N) is 2. The van der Waals surface area contributed by atoms with Gasteiger partial charge in [-0.2, -0.15) is 0 Å². The Balaban J connectivity index is 0.000000148. The molecule has 0 saturated carbocycles. The number of thiophene rings is 2. The summed E-state index contributed by atoms with van der Waals surface area (Å²) in [4.78, 5) is 50.2. The summed E-state index contributed by atoms with van der Waals surface area (Å²) in [6.07, 6.45) is 2.00. The Morgan fingerprint density at radius 1 is 0.577 bits per heavy atom.